The highest BCUT2D eigenvalue weighted by molar-refractivity contribution is 7.09. The van der Waals surface area contributed by atoms with E-state index in [1.54, 1.807) is 5.51 Å². The van der Waals surface area contributed by atoms with Gasteiger partial charge in [-0.2, -0.15) is 0 Å². The lowest BCUT2D eigenvalue weighted by molar-refractivity contribution is 0.0946. The van der Waals surface area contributed by atoms with E-state index in [1.807, 2.05) is 6.92 Å². The van der Waals surface area contributed by atoms with Gasteiger partial charge >= 0.3 is 0 Å². The van der Waals surface area contributed by atoms with Gasteiger partial charge in [0, 0.05) is 4.88 Å². The van der Waals surface area contributed by atoms with Crippen LogP contribution in [0.4, 0.5) is 5.82 Å². The van der Waals surface area contributed by atoms with E-state index in [0.29, 0.717) is 12.4 Å². The van der Waals surface area contributed by atoms with Crippen molar-refractivity contribution < 1.29 is 4.79 Å². The highest BCUT2D eigenvalue weighted by Crippen LogP contribution is 2.11. The molecule has 94 valence electrons. The highest BCUT2D eigenvalue weighted by Gasteiger charge is 2.09. The first-order valence-electron chi connectivity index (χ1n) is 5.16. The SMILES string of the molecule is Cc1ncsc1CNC(=O)c1cncc(NN)n1. The Morgan fingerprint density at radius 1 is 1.50 bits per heavy atom. The van der Waals surface area contributed by atoms with Gasteiger partial charge in [-0.3, -0.25) is 9.78 Å². The fourth-order valence-electron chi connectivity index (χ4n) is 1.29. The molecular formula is C10H12N6OS. The number of hydrogen-bond acceptors (Lipinski definition) is 7. The number of hydrogen-bond donors (Lipinski definition) is 3. The number of hydrazine groups is 1. The third-order valence-electron chi connectivity index (χ3n) is 2.27. The number of amides is 1. The van der Waals surface area contributed by atoms with Gasteiger partial charge in [-0.25, -0.2) is 15.8 Å². The van der Waals surface area contributed by atoms with Crippen LogP contribution in [0.3, 0.4) is 0 Å². The molecule has 4 N–H and O–H groups in total. The molecule has 2 aromatic heterocycles. The average molecular weight is 264 g/mol. The summed E-state index contributed by atoms with van der Waals surface area (Å²) in [5, 5.41) is 2.75. The normalized spacial score (nSPS) is 10.1. The lowest BCUT2D eigenvalue weighted by Crippen LogP contribution is -2.24. The van der Waals surface area contributed by atoms with Crippen molar-refractivity contribution in [2.24, 2.45) is 5.84 Å². The third-order valence-corrected chi connectivity index (χ3v) is 3.20. The maximum absolute atomic E-state index is 11.8. The molecule has 2 aromatic rings. The zero-order valence-corrected chi connectivity index (χ0v) is 10.5. The molecule has 0 atom stereocenters. The smallest absolute Gasteiger partial charge is 0.271 e. The standard InChI is InChI=1S/C10H12N6OS/c1-6-8(18-5-14-6)3-13-10(17)7-2-12-4-9(15-7)16-11/h2,4-5H,3,11H2,1H3,(H,13,17)(H,15,16). The molecule has 0 aromatic carbocycles. The van der Waals surface area contributed by atoms with Crippen molar-refractivity contribution >= 4 is 23.1 Å². The molecule has 2 rings (SSSR count). The van der Waals surface area contributed by atoms with Crippen LogP contribution in [0, 0.1) is 6.92 Å². The lowest BCUT2D eigenvalue weighted by Gasteiger charge is -2.04. The molecule has 0 radical (unpaired) electrons. The molecule has 0 saturated heterocycles. The Balaban J connectivity index is 2.01. The van der Waals surface area contributed by atoms with Crippen molar-refractivity contribution in [1.29, 1.82) is 0 Å². The molecule has 0 fully saturated rings. The number of nitrogens with zero attached hydrogens (tertiary/aromatic N) is 3. The summed E-state index contributed by atoms with van der Waals surface area (Å²) >= 11 is 1.50. The van der Waals surface area contributed by atoms with E-state index >= 15 is 0 Å². The highest BCUT2D eigenvalue weighted by atomic mass is 32.1. The molecule has 0 aliphatic heterocycles. The zero-order chi connectivity index (χ0) is 13.0. The van der Waals surface area contributed by atoms with Crippen LogP contribution in [0.2, 0.25) is 0 Å². The van der Waals surface area contributed by atoms with E-state index in [0.717, 1.165) is 10.6 Å². The first-order valence-corrected chi connectivity index (χ1v) is 6.04. The minimum absolute atomic E-state index is 0.215. The van der Waals surface area contributed by atoms with Crippen molar-refractivity contribution in [2.45, 2.75) is 13.5 Å². The summed E-state index contributed by atoms with van der Waals surface area (Å²) in [7, 11) is 0. The summed E-state index contributed by atoms with van der Waals surface area (Å²) in [6, 6.07) is 0. The summed E-state index contributed by atoms with van der Waals surface area (Å²) in [5.74, 6) is 5.24. The summed E-state index contributed by atoms with van der Waals surface area (Å²) in [6.07, 6.45) is 2.82. The first-order chi connectivity index (χ1) is 8.70. The number of nitrogen functional groups attached to an aromatic ring is 1. The van der Waals surface area contributed by atoms with Gasteiger partial charge in [0.25, 0.3) is 5.91 Å². The lowest BCUT2D eigenvalue weighted by atomic mass is 10.3. The number of carbonyl (C=O) groups is 1. The van der Waals surface area contributed by atoms with Gasteiger partial charge < -0.3 is 10.7 Å². The van der Waals surface area contributed by atoms with E-state index in [1.165, 1.54) is 23.7 Å². The Morgan fingerprint density at radius 2 is 2.33 bits per heavy atom. The number of carbonyl (C=O) groups excluding carboxylic acids is 1. The number of aryl methyl sites for hydroxylation is 1. The van der Waals surface area contributed by atoms with E-state index in [-0.39, 0.29) is 11.6 Å². The predicted molar refractivity (Wildman–Crippen MR) is 67.9 cm³/mol. The van der Waals surface area contributed by atoms with Gasteiger partial charge in [-0.1, -0.05) is 0 Å². The molecule has 0 saturated carbocycles. The van der Waals surface area contributed by atoms with Crippen molar-refractivity contribution in [1.82, 2.24) is 20.3 Å². The Bertz CT molecular complexity index is 555. The van der Waals surface area contributed by atoms with Crippen molar-refractivity contribution in [3.8, 4) is 0 Å². The molecule has 8 heteroatoms. The largest absolute Gasteiger partial charge is 0.346 e. The van der Waals surface area contributed by atoms with Gasteiger partial charge in [0.2, 0.25) is 0 Å². The molecule has 0 aliphatic rings. The van der Waals surface area contributed by atoms with Gasteiger partial charge in [0.15, 0.2) is 5.82 Å². The predicted octanol–water partition coefficient (Wildman–Crippen LogP) is 0.457. The summed E-state index contributed by atoms with van der Waals surface area (Å²) in [6.45, 7) is 2.33. The Hall–Kier alpha value is -2.06. The molecule has 0 aliphatic carbocycles. The molecule has 0 bridgehead atoms. The van der Waals surface area contributed by atoms with Gasteiger partial charge in [-0.05, 0) is 6.92 Å². The fraction of sp³-hybridized carbons (Fsp3) is 0.200. The van der Waals surface area contributed by atoms with Crippen LogP contribution in [0.25, 0.3) is 0 Å². The summed E-state index contributed by atoms with van der Waals surface area (Å²) < 4.78 is 0. The van der Waals surface area contributed by atoms with Crippen LogP contribution in [0.15, 0.2) is 17.9 Å². The molecule has 2 heterocycles. The van der Waals surface area contributed by atoms with Gasteiger partial charge in [0.1, 0.15) is 5.69 Å². The Kier molecular flexibility index (Phi) is 3.80. The minimum atomic E-state index is -0.299. The number of aromatic nitrogens is 3. The number of thiazole rings is 1. The van der Waals surface area contributed by atoms with E-state index < -0.39 is 0 Å². The molecule has 1 amide bonds. The van der Waals surface area contributed by atoms with Crippen LogP contribution in [-0.4, -0.2) is 20.9 Å². The van der Waals surface area contributed by atoms with Gasteiger partial charge in [-0.15, -0.1) is 11.3 Å². The minimum Gasteiger partial charge on any atom is -0.346 e. The quantitative estimate of drug-likeness (QED) is 0.547. The van der Waals surface area contributed by atoms with Crippen molar-refractivity contribution in [3.63, 3.8) is 0 Å². The molecule has 7 nitrogen and oxygen atoms in total. The topological polar surface area (TPSA) is 106 Å². The molecule has 18 heavy (non-hydrogen) atoms. The van der Waals surface area contributed by atoms with Crippen molar-refractivity contribution in [3.05, 3.63) is 34.2 Å². The number of nitrogens with two attached hydrogens (primary N) is 1. The van der Waals surface area contributed by atoms with Crippen molar-refractivity contribution in [2.75, 3.05) is 5.43 Å². The number of nitrogens with one attached hydrogen (secondary N) is 2. The number of anilines is 1. The molecule has 0 unspecified atom stereocenters. The maximum atomic E-state index is 11.8. The van der Waals surface area contributed by atoms with Crippen LogP contribution in [0.5, 0.6) is 0 Å². The summed E-state index contributed by atoms with van der Waals surface area (Å²) in [4.78, 5) is 24.8. The average Bonchev–Trinajstić information content (AvgIpc) is 2.81. The Morgan fingerprint density at radius 3 is 3.00 bits per heavy atom. The van der Waals surface area contributed by atoms with Crippen LogP contribution >= 0.6 is 11.3 Å². The molecular weight excluding hydrogens is 252 g/mol. The van der Waals surface area contributed by atoms with Gasteiger partial charge in [0.05, 0.1) is 30.1 Å². The number of rotatable bonds is 4. The zero-order valence-electron chi connectivity index (χ0n) is 9.67. The second-order valence-electron chi connectivity index (χ2n) is 3.48. The van der Waals surface area contributed by atoms with E-state index in [9.17, 15) is 4.79 Å². The second-order valence-corrected chi connectivity index (χ2v) is 4.42. The Labute approximate surface area is 107 Å². The summed E-state index contributed by atoms with van der Waals surface area (Å²) in [5.41, 5.74) is 5.22. The van der Waals surface area contributed by atoms with Crippen LogP contribution < -0.4 is 16.6 Å². The third kappa shape index (κ3) is 2.79. The second kappa shape index (κ2) is 5.52. The van der Waals surface area contributed by atoms with Crippen LogP contribution in [-0.2, 0) is 6.54 Å². The van der Waals surface area contributed by atoms with Crippen LogP contribution in [0.1, 0.15) is 21.1 Å². The fourth-order valence-corrected chi connectivity index (χ4v) is 2.01. The monoisotopic (exact) mass is 264 g/mol. The molecule has 0 spiro atoms. The first kappa shape index (κ1) is 12.4. The van der Waals surface area contributed by atoms with E-state index in [2.05, 4.69) is 25.7 Å². The maximum Gasteiger partial charge on any atom is 0.271 e. The van der Waals surface area contributed by atoms with E-state index in [4.69, 9.17) is 5.84 Å².